The SMILES string of the molecule is C=C(C)C(C)(Cc1ccc(C(=O)O)cc1)c1c([NH2+]C)ccc2ccccc12. The van der Waals surface area contributed by atoms with Gasteiger partial charge in [-0.25, -0.2) is 4.79 Å². The summed E-state index contributed by atoms with van der Waals surface area (Å²) in [5, 5.41) is 13.7. The Kier molecular flexibility index (Phi) is 5.15. The largest absolute Gasteiger partial charge is 0.478 e. The van der Waals surface area contributed by atoms with Gasteiger partial charge in [-0.3, -0.25) is 0 Å². The highest BCUT2D eigenvalue weighted by atomic mass is 16.4. The maximum Gasteiger partial charge on any atom is 0.335 e. The van der Waals surface area contributed by atoms with Gasteiger partial charge >= 0.3 is 5.97 Å². The molecule has 0 aromatic heterocycles. The van der Waals surface area contributed by atoms with Crippen LogP contribution in [-0.4, -0.2) is 18.1 Å². The van der Waals surface area contributed by atoms with Crippen LogP contribution in [0.4, 0.5) is 5.69 Å². The molecule has 0 aliphatic carbocycles. The first-order chi connectivity index (χ1) is 12.9. The van der Waals surface area contributed by atoms with Gasteiger partial charge in [0.25, 0.3) is 0 Å². The fraction of sp³-hybridized carbons (Fsp3) is 0.208. The van der Waals surface area contributed by atoms with Crippen molar-refractivity contribution in [2.24, 2.45) is 0 Å². The molecule has 0 saturated heterocycles. The highest BCUT2D eigenvalue weighted by Crippen LogP contribution is 2.41. The van der Waals surface area contributed by atoms with E-state index < -0.39 is 5.97 Å². The van der Waals surface area contributed by atoms with Crippen LogP contribution in [0.3, 0.4) is 0 Å². The lowest BCUT2D eigenvalue weighted by atomic mass is 9.70. The smallest absolute Gasteiger partial charge is 0.335 e. The number of hydrogen-bond donors (Lipinski definition) is 2. The number of fused-ring (bicyclic) bond motifs is 1. The van der Waals surface area contributed by atoms with Crippen LogP contribution in [-0.2, 0) is 11.8 Å². The van der Waals surface area contributed by atoms with Crippen LogP contribution in [0.5, 0.6) is 0 Å². The molecule has 3 heteroatoms. The van der Waals surface area contributed by atoms with E-state index in [4.69, 9.17) is 5.11 Å². The molecule has 1 atom stereocenters. The highest BCUT2D eigenvalue weighted by molar-refractivity contribution is 5.90. The zero-order chi connectivity index (χ0) is 19.6. The number of carboxylic acid groups (broad SMARTS) is 1. The maximum absolute atomic E-state index is 11.1. The molecule has 138 valence electrons. The molecule has 1 unspecified atom stereocenters. The molecule has 0 aliphatic rings. The third-order valence-electron chi connectivity index (χ3n) is 5.52. The topological polar surface area (TPSA) is 53.9 Å². The van der Waals surface area contributed by atoms with Gasteiger partial charge < -0.3 is 10.4 Å². The van der Waals surface area contributed by atoms with Gasteiger partial charge in [0, 0.05) is 11.0 Å². The first kappa shape index (κ1) is 18.9. The number of nitrogens with two attached hydrogens (primary N) is 1. The molecule has 0 bridgehead atoms. The van der Waals surface area contributed by atoms with Crippen molar-refractivity contribution in [3.8, 4) is 0 Å². The fourth-order valence-electron chi connectivity index (χ4n) is 3.77. The van der Waals surface area contributed by atoms with Gasteiger partial charge in [-0.05, 0) is 53.9 Å². The van der Waals surface area contributed by atoms with E-state index in [2.05, 4.69) is 69.2 Å². The lowest BCUT2D eigenvalue weighted by molar-refractivity contribution is -0.540. The van der Waals surface area contributed by atoms with Crippen LogP contribution in [0.2, 0.25) is 0 Å². The molecule has 0 amide bonds. The molecule has 3 rings (SSSR count). The molecule has 3 N–H and O–H groups in total. The lowest BCUT2D eigenvalue weighted by Gasteiger charge is -2.33. The Balaban J connectivity index is 2.16. The molecule has 3 aromatic carbocycles. The Bertz CT molecular complexity index is 1000. The summed E-state index contributed by atoms with van der Waals surface area (Å²) in [5.74, 6) is -0.902. The summed E-state index contributed by atoms with van der Waals surface area (Å²) in [6, 6.07) is 19.9. The number of hydrogen-bond acceptors (Lipinski definition) is 1. The molecule has 0 fully saturated rings. The van der Waals surface area contributed by atoms with Crippen LogP contribution in [0.1, 0.15) is 35.3 Å². The Morgan fingerprint density at radius 1 is 1.07 bits per heavy atom. The number of benzene rings is 3. The maximum atomic E-state index is 11.1. The first-order valence-electron chi connectivity index (χ1n) is 9.16. The van der Waals surface area contributed by atoms with E-state index in [0.717, 1.165) is 17.6 Å². The third kappa shape index (κ3) is 3.51. The highest BCUT2D eigenvalue weighted by Gasteiger charge is 2.33. The van der Waals surface area contributed by atoms with Gasteiger partial charge in [-0.15, -0.1) is 0 Å². The Morgan fingerprint density at radius 3 is 2.33 bits per heavy atom. The van der Waals surface area contributed by atoms with Crippen molar-refractivity contribution in [1.82, 2.24) is 0 Å². The Morgan fingerprint density at radius 2 is 1.74 bits per heavy atom. The zero-order valence-corrected chi connectivity index (χ0v) is 16.1. The van der Waals surface area contributed by atoms with Crippen molar-refractivity contribution < 1.29 is 15.2 Å². The standard InChI is InChI=1S/C24H25NO2/c1-16(2)24(3,15-17-9-11-19(12-10-17)23(26)27)22-20-8-6-5-7-18(20)13-14-21(22)25-4/h5-14,25H,1,15H2,2-4H3,(H,26,27)/p+1. The predicted molar refractivity (Wildman–Crippen MR) is 111 cm³/mol. The summed E-state index contributed by atoms with van der Waals surface area (Å²) in [5.41, 5.74) is 4.71. The minimum Gasteiger partial charge on any atom is -0.478 e. The zero-order valence-electron chi connectivity index (χ0n) is 16.1. The number of carbonyl (C=O) groups is 1. The van der Waals surface area contributed by atoms with Gasteiger partial charge in [-0.1, -0.05) is 55.5 Å². The van der Waals surface area contributed by atoms with E-state index in [1.807, 2.05) is 12.1 Å². The monoisotopic (exact) mass is 360 g/mol. The number of carboxylic acids is 1. The van der Waals surface area contributed by atoms with Crippen molar-refractivity contribution in [1.29, 1.82) is 0 Å². The van der Waals surface area contributed by atoms with E-state index in [1.54, 1.807) is 12.1 Å². The second-order valence-corrected chi connectivity index (χ2v) is 7.33. The van der Waals surface area contributed by atoms with E-state index in [-0.39, 0.29) is 5.41 Å². The molecule has 27 heavy (non-hydrogen) atoms. The minimum atomic E-state index is -0.902. The summed E-state index contributed by atoms with van der Waals surface area (Å²) in [4.78, 5) is 11.1. The van der Waals surface area contributed by atoms with Crippen LogP contribution in [0.25, 0.3) is 10.8 Å². The quantitative estimate of drug-likeness (QED) is 0.504. The summed E-state index contributed by atoms with van der Waals surface area (Å²) >= 11 is 0. The second-order valence-electron chi connectivity index (χ2n) is 7.33. The van der Waals surface area contributed by atoms with Crippen LogP contribution in [0, 0.1) is 0 Å². The molecular formula is C24H26NO2+. The number of quaternary nitrogens is 1. The van der Waals surface area contributed by atoms with Crippen molar-refractivity contribution in [2.75, 3.05) is 7.05 Å². The van der Waals surface area contributed by atoms with Crippen LogP contribution in [0.15, 0.2) is 72.8 Å². The Labute approximate surface area is 160 Å². The van der Waals surface area contributed by atoms with Crippen molar-refractivity contribution in [2.45, 2.75) is 25.7 Å². The van der Waals surface area contributed by atoms with Gasteiger partial charge in [0.15, 0.2) is 0 Å². The van der Waals surface area contributed by atoms with Gasteiger partial charge in [0.2, 0.25) is 0 Å². The van der Waals surface area contributed by atoms with Crippen LogP contribution < -0.4 is 5.32 Å². The van der Waals surface area contributed by atoms with Crippen molar-refractivity contribution in [3.63, 3.8) is 0 Å². The first-order valence-corrected chi connectivity index (χ1v) is 9.16. The molecule has 3 nitrogen and oxygen atoms in total. The average Bonchev–Trinajstić information content (AvgIpc) is 2.67. The summed E-state index contributed by atoms with van der Waals surface area (Å²) in [7, 11) is 2.06. The molecule has 3 aromatic rings. The molecule has 0 heterocycles. The molecule has 0 aliphatic heterocycles. The van der Waals surface area contributed by atoms with Crippen molar-refractivity contribution >= 4 is 22.4 Å². The molecule has 0 radical (unpaired) electrons. The van der Waals surface area contributed by atoms with Gasteiger partial charge in [-0.2, -0.15) is 0 Å². The lowest BCUT2D eigenvalue weighted by Crippen LogP contribution is -2.73. The summed E-state index contributed by atoms with van der Waals surface area (Å²) < 4.78 is 0. The number of allylic oxidation sites excluding steroid dienone is 1. The molecule has 0 spiro atoms. The normalized spacial score (nSPS) is 13.3. The molecular weight excluding hydrogens is 334 g/mol. The van der Waals surface area contributed by atoms with E-state index in [9.17, 15) is 4.79 Å². The van der Waals surface area contributed by atoms with Crippen molar-refractivity contribution in [3.05, 3.63) is 89.5 Å². The fourth-order valence-corrected chi connectivity index (χ4v) is 3.77. The summed E-state index contributed by atoms with van der Waals surface area (Å²) in [6.07, 6.45) is 0.761. The summed E-state index contributed by atoms with van der Waals surface area (Å²) in [6.45, 7) is 8.63. The number of aromatic carboxylic acids is 1. The van der Waals surface area contributed by atoms with Crippen LogP contribution >= 0.6 is 0 Å². The number of rotatable bonds is 6. The molecule has 0 saturated carbocycles. The minimum absolute atomic E-state index is 0.270. The van der Waals surface area contributed by atoms with E-state index >= 15 is 0 Å². The Hall–Kier alpha value is -2.91. The average molecular weight is 360 g/mol. The van der Waals surface area contributed by atoms with Gasteiger partial charge in [0.05, 0.1) is 12.6 Å². The predicted octanol–water partition coefficient (Wildman–Crippen LogP) is 4.44. The second kappa shape index (κ2) is 7.37. The third-order valence-corrected chi connectivity index (χ3v) is 5.52. The van der Waals surface area contributed by atoms with Gasteiger partial charge in [0.1, 0.15) is 5.69 Å². The van der Waals surface area contributed by atoms with E-state index in [0.29, 0.717) is 5.56 Å². The van der Waals surface area contributed by atoms with E-state index in [1.165, 1.54) is 22.0 Å².